The number of ether oxygens (including phenoxy) is 1. The number of anilines is 1. The Hall–Kier alpha value is -2.54. The number of carbonyl (C=O) groups is 1. The fraction of sp³-hybridized carbons (Fsp3) is 0.235. The highest BCUT2D eigenvalue weighted by atomic mass is 32.2. The number of nitrogens with one attached hydrogen (secondary N) is 2. The van der Waals surface area contributed by atoms with Gasteiger partial charge in [-0.1, -0.05) is 12.1 Å². The van der Waals surface area contributed by atoms with Gasteiger partial charge in [-0.25, -0.2) is 8.42 Å². The molecule has 0 saturated carbocycles. The summed E-state index contributed by atoms with van der Waals surface area (Å²) in [6.07, 6.45) is 0. The molecule has 0 saturated heterocycles. The van der Waals surface area contributed by atoms with Crippen LogP contribution in [0.25, 0.3) is 0 Å². The van der Waals surface area contributed by atoms with Crippen LogP contribution in [0, 0.1) is 0 Å². The lowest BCUT2D eigenvalue weighted by atomic mass is 10.2. The molecule has 2 aromatic carbocycles. The fourth-order valence-electron chi connectivity index (χ4n) is 1.97. The van der Waals surface area contributed by atoms with Gasteiger partial charge >= 0.3 is 0 Å². The van der Waals surface area contributed by atoms with E-state index < -0.39 is 10.0 Å². The van der Waals surface area contributed by atoms with Gasteiger partial charge in [0.05, 0.1) is 12.9 Å². The van der Waals surface area contributed by atoms with Gasteiger partial charge in [-0.3, -0.25) is 9.52 Å². The minimum atomic E-state index is -3.32. The van der Waals surface area contributed by atoms with E-state index in [0.29, 0.717) is 17.8 Å². The van der Waals surface area contributed by atoms with Gasteiger partial charge in [0.15, 0.2) is 0 Å². The highest BCUT2D eigenvalue weighted by Crippen LogP contribution is 2.13. The van der Waals surface area contributed by atoms with Crippen LogP contribution >= 0.6 is 0 Å². The van der Waals surface area contributed by atoms with Crippen molar-refractivity contribution in [3.8, 4) is 5.75 Å². The van der Waals surface area contributed by atoms with Gasteiger partial charge in [-0.05, 0) is 48.9 Å². The molecule has 0 radical (unpaired) electrons. The van der Waals surface area contributed by atoms with Gasteiger partial charge < -0.3 is 10.1 Å². The second kappa shape index (κ2) is 7.83. The molecule has 2 rings (SSSR count). The highest BCUT2D eigenvalue weighted by molar-refractivity contribution is 7.92. The van der Waals surface area contributed by atoms with E-state index in [9.17, 15) is 13.2 Å². The predicted molar refractivity (Wildman–Crippen MR) is 93.7 cm³/mol. The first-order valence-corrected chi connectivity index (χ1v) is 9.10. The Morgan fingerprint density at radius 1 is 1.04 bits per heavy atom. The van der Waals surface area contributed by atoms with E-state index in [4.69, 9.17) is 4.74 Å². The molecule has 7 heteroatoms. The van der Waals surface area contributed by atoms with Crippen molar-refractivity contribution in [2.75, 3.05) is 17.6 Å². The van der Waals surface area contributed by atoms with Crippen LogP contribution in [0.5, 0.6) is 5.75 Å². The van der Waals surface area contributed by atoms with E-state index in [2.05, 4.69) is 10.0 Å². The molecule has 6 nitrogen and oxygen atoms in total. The average molecular weight is 348 g/mol. The van der Waals surface area contributed by atoms with Crippen molar-refractivity contribution in [2.45, 2.75) is 13.5 Å². The Balaban J connectivity index is 1.94. The van der Waals surface area contributed by atoms with Crippen LogP contribution in [-0.2, 0) is 16.6 Å². The molecule has 0 aliphatic heterocycles. The summed E-state index contributed by atoms with van der Waals surface area (Å²) in [5.74, 6) is 0.530. The lowest BCUT2D eigenvalue weighted by Crippen LogP contribution is -2.22. The van der Waals surface area contributed by atoms with E-state index in [1.807, 2.05) is 24.3 Å². The van der Waals surface area contributed by atoms with Gasteiger partial charge in [0.1, 0.15) is 5.75 Å². The van der Waals surface area contributed by atoms with Crippen LogP contribution in [0.4, 0.5) is 5.69 Å². The lowest BCUT2D eigenvalue weighted by Gasteiger charge is -2.08. The zero-order valence-electron chi connectivity index (χ0n) is 13.6. The van der Waals surface area contributed by atoms with Crippen LogP contribution < -0.4 is 14.8 Å². The van der Waals surface area contributed by atoms with E-state index in [-0.39, 0.29) is 11.7 Å². The molecule has 2 aromatic rings. The second-order valence-electron chi connectivity index (χ2n) is 5.11. The van der Waals surface area contributed by atoms with Crippen molar-refractivity contribution in [3.63, 3.8) is 0 Å². The number of carbonyl (C=O) groups excluding carboxylic acids is 1. The van der Waals surface area contributed by atoms with Crippen molar-refractivity contribution < 1.29 is 17.9 Å². The maximum atomic E-state index is 12.1. The standard InChI is InChI=1S/C17H20N2O4S/c1-3-24(21,22)19-15-8-6-14(7-9-15)17(20)18-12-13-4-10-16(23-2)11-5-13/h4-11,19H,3,12H2,1-2H3,(H,18,20). The van der Waals surface area contributed by atoms with Crippen molar-refractivity contribution in [3.05, 3.63) is 59.7 Å². The van der Waals surface area contributed by atoms with E-state index in [1.54, 1.807) is 38.3 Å². The third-order valence-corrected chi connectivity index (χ3v) is 4.72. The van der Waals surface area contributed by atoms with Crippen molar-refractivity contribution in [1.29, 1.82) is 0 Å². The van der Waals surface area contributed by atoms with Crippen LogP contribution in [0.15, 0.2) is 48.5 Å². The number of benzene rings is 2. The molecule has 2 N–H and O–H groups in total. The Labute approximate surface area is 141 Å². The molecule has 128 valence electrons. The largest absolute Gasteiger partial charge is 0.497 e. The molecule has 0 unspecified atom stereocenters. The number of sulfonamides is 1. The summed E-state index contributed by atoms with van der Waals surface area (Å²) < 4.78 is 30.5. The summed E-state index contributed by atoms with van der Waals surface area (Å²) in [5, 5.41) is 2.81. The molecular weight excluding hydrogens is 328 g/mol. The SMILES string of the molecule is CCS(=O)(=O)Nc1ccc(C(=O)NCc2ccc(OC)cc2)cc1. The monoisotopic (exact) mass is 348 g/mol. The van der Waals surface area contributed by atoms with Crippen molar-refractivity contribution in [2.24, 2.45) is 0 Å². The zero-order chi connectivity index (χ0) is 17.6. The molecule has 24 heavy (non-hydrogen) atoms. The maximum Gasteiger partial charge on any atom is 0.251 e. The minimum absolute atomic E-state index is 0.00288. The summed E-state index contributed by atoms with van der Waals surface area (Å²) in [6.45, 7) is 1.95. The smallest absolute Gasteiger partial charge is 0.251 e. The second-order valence-corrected chi connectivity index (χ2v) is 7.12. The van der Waals surface area contributed by atoms with Crippen molar-refractivity contribution in [1.82, 2.24) is 5.32 Å². The van der Waals surface area contributed by atoms with Crippen molar-refractivity contribution >= 4 is 21.6 Å². The zero-order valence-corrected chi connectivity index (χ0v) is 14.4. The molecule has 0 aromatic heterocycles. The molecule has 1 amide bonds. The van der Waals surface area contributed by atoms with E-state index in [1.165, 1.54) is 0 Å². The molecule has 0 fully saturated rings. The Kier molecular flexibility index (Phi) is 5.81. The molecule has 0 spiro atoms. The predicted octanol–water partition coefficient (Wildman–Crippen LogP) is 2.39. The Morgan fingerprint density at radius 2 is 1.67 bits per heavy atom. The van der Waals surface area contributed by atoms with Crippen LogP contribution in [0.2, 0.25) is 0 Å². The molecule has 0 heterocycles. The quantitative estimate of drug-likeness (QED) is 0.805. The maximum absolute atomic E-state index is 12.1. The summed E-state index contributed by atoms with van der Waals surface area (Å²) in [5.41, 5.74) is 1.85. The van der Waals surface area contributed by atoms with Crippen LogP contribution in [0.1, 0.15) is 22.8 Å². The average Bonchev–Trinajstić information content (AvgIpc) is 2.60. The molecule has 0 aliphatic carbocycles. The van der Waals surface area contributed by atoms with Gasteiger partial charge in [0.2, 0.25) is 10.0 Å². The fourth-order valence-corrected chi connectivity index (χ4v) is 2.61. The van der Waals surface area contributed by atoms with E-state index in [0.717, 1.165) is 11.3 Å². The first-order valence-electron chi connectivity index (χ1n) is 7.45. The van der Waals surface area contributed by atoms with E-state index >= 15 is 0 Å². The minimum Gasteiger partial charge on any atom is -0.497 e. The topological polar surface area (TPSA) is 84.5 Å². The van der Waals surface area contributed by atoms with Gasteiger partial charge in [0, 0.05) is 17.8 Å². The van der Waals surface area contributed by atoms with Crippen LogP contribution in [-0.4, -0.2) is 27.2 Å². The molecule has 0 aliphatic rings. The number of methoxy groups -OCH3 is 1. The van der Waals surface area contributed by atoms with Gasteiger partial charge in [0.25, 0.3) is 5.91 Å². The normalized spacial score (nSPS) is 10.9. The summed E-state index contributed by atoms with van der Waals surface area (Å²) in [7, 11) is -1.72. The van der Waals surface area contributed by atoms with Crippen LogP contribution in [0.3, 0.4) is 0 Å². The Bertz CT molecular complexity index is 784. The molecular formula is C17H20N2O4S. The Morgan fingerprint density at radius 3 is 2.21 bits per heavy atom. The lowest BCUT2D eigenvalue weighted by molar-refractivity contribution is 0.0951. The summed E-state index contributed by atoms with van der Waals surface area (Å²) >= 11 is 0. The third-order valence-electron chi connectivity index (χ3n) is 3.41. The summed E-state index contributed by atoms with van der Waals surface area (Å²) in [6, 6.07) is 13.7. The summed E-state index contributed by atoms with van der Waals surface area (Å²) in [4.78, 5) is 12.1. The number of hydrogen-bond acceptors (Lipinski definition) is 4. The molecule has 0 bridgehead atoms. The highest BCUT2D eigenvalue weighted by Gasteiger charge is 2.09. The first-order chi connectivity index (χ1) is 11.4. The molecule has 0 atom stereocenters. The number of rotatable bonds is 7. The third kappa shape index (κ3) is 4.99. The number of amides is 1. The van der Waals surface area contributed by atoms with Gasteiger partial charge in [-0.15, -0.1) is 0 Å². The van der Waals surface area contributed by atoms with Gasteiger partial charge in [-0.2, -0.15) is 0 Å². The first kappa shape index (κ1) is 17.8. The number of hydrogen-bond donors (Lipinski definition) is 2.